The number of hydrogen-bond acceptors (Lipinski definition) is 7. The first-order valence-electron chi connectivity index (χ1n) is 10.1. The monoisotopic (exact) mass is 441 g/mol. The fourth-order valence-electron chi connectivity index (χ4n) is 3.62. The molecule has 3 aromatic rings. The van der Waals surface area contributed by atoms with E-state index in [1.807, 2.05) is 22.8 Å². The lowest BCUT2D eigenvalue weighted by molar-refractivity contribution is 0.592. The number of sulfone groups is 1. The number of anilines is 3. The number of piperazine rings is 1. The second-order valence-electron chi connectivity index (χ2n) is 7.35. The third kappa shape index (κ3) is 4.18. The molecule has 4 rings (SSSR count). The van der Waals surface area contributed by atoms with Gasteiger partial charge < -0.3 is 15.5 Å². The largest absolute Gasteiger partial charge is 0.382 e. The van der Waals surface area contributed by atoms with Gasteiger partial charge in [-0.25, -0.2) is 17.8 Å². The molecule has 0 radical (unpaired) electrons. The minimum absolute atomic E-state index is 0.0823. The summed E-state index contributed by atoms with van der Waals surface area (Å²) >= 11 is 0. The average Bonchev–Trinajstić information content (AvgIpc) is 2.79. The number of benzene rings is 2. The van der Waals surface area contributed by atoms with Crippen molar-refractivity contribution in [3.63, 3.8) is 0 Å². The van der Waals surface area contributed by atoms with Crippen molar-refractivity contribution in [3.05, 3.63) is 66.1 Å². The van der Waals surface area contributed by atoms with Crippen LogP contribution in [0.25, 0.3) is 0 Å². The summed E-state index contributed by atoms with van der Waals surface area (Å²) in [6, 6.07) is 13.4. The highest BCUT2D eigenvalue weighted by Gasteiger charge is 2.25. The van der Waals surface area contributed by atoms with Crippen molar-refractivity contribution < 1.29 is 12.8 Å². The van der Waals surface area contributed by atoms with Gasteiger partial charge >= 0.3 is 0 Å². The van der Waals surface area contributed by atoms with Crippen LogP contribution in [-0.4, -0.2) is 44.6 Å². The molecule has 0 unspecified atom stereocenters. The Morgan fingerprint density at radius 3 is 2.26 bits per heavy atom. The van der Waals surface area contributed by atoms with Crippen LogP contribution >= 0.6 is 0 Å². The summed E-state index contributed by atoms with van der Waals surface area (Å²) in [6.07, 6.45) is 2.09. The van der Waals surface area contributed by atoms with Crippen LogP contribution in [0.5, 0.6) is 0 Å². The van der Waals surface area contributed by atoms with Gasteiger partial charge in [-0.15, -0.1) is 0 Å². The number of para-hydroxylation sites is 1. The molecule has 31 heavy (non-hydrogen) atoms. The van der Waals surface area contributed by atoms with Crippen LogP contribution in [0, 0.1) is 5.82 Å². The first-order chi connectivity index (χ1) is 14.9. The Bertz CT molecular complexity index is 1180. The van der Waals surface area contributed by atoms with Gasteiger partial charge in [0.15, 0.2) is 0 Å². The maximum Gasteiger partial charge on any atom is 0.227 e. The fraction of sp³-hybridized carbons (Fsp3) is 0.273. The Balaban J connectivity index is 1.51. The van der Waals surface area contributed by atoms with Gasteiger partial charge in [0.25, 0.3) is 0 Å². The Morgan fingerprint density at radius 2 is 1.65 bits per heavy atom. The summed E-state index contributed by atoms with van der Waals surface area (Å²) in [5.74, 6) is 0.0324. The molecule has 9 heteroatoms. The van der Waals surface area contributed by atoms with E-state index in [9.17, 15) is 12.8 Å². The lowest BCUT2D eigenvalue weighted by atomic mass is 10.2. The average molecular weight is 442 g/mol. The molecule has 2 heterocycles. The lowest BCUT2D eigenvalue weighted by Crippen LogP contribution is -2.47. The number of nitrogens with zero attached hydrogens (tertiary/aromatic N) is 4. The molecular weight excluding hydrogens is 417 g/mol. The van der Waals surface area contributed by atoms with Gasteiger partial charge in [0.05, 0.1) is 16.8 Å². The molecule has 1 aliphatic rings. The van der Waals surface area contributed by atoms with E-state index in [1.54, 1.807) is 36.4 Å². The van der Waals surface area contributed by atoms with Gasteiger partial charge in [0, 0.05) is 26.2 Å². The predicted molar refractivity (Wildman–Crippen MR) is 119 cm³/mol. The minimum Gasteiger partial charge on any atom is -0.382 e. The van der Waals surface area contributed by atoms with Gasteiger partial charge in [-0.3, -0.25) is 0 Å². The molecule has 1 saturated heterocycles. The van der Waals surface area contributed by atoms with Gasteiger partial charge in [-0.1, -0.05) is 31.2 Å². The molecule has 0 atom stereocenters. The van der Waals surface area contributed by atoms with Crippen molar-refractivity contribution in [1.82, 2.24) is 9.97 Å². The van der Waals surface area contributed by atoms with Gasteiger partial charge in [-0.2, -0.15) is 4.98 Å². The molecule has 2 aromatic carbocycles. The number of rotatable bonds is 5. The number of nitrogen functional groups attached to an aromatic ring is 1. The molecule has 0 bridgehead atoms. The molecular formula is C22H24FN5O2S. The standard InChI is InChI=1S/C22H24FN5O2S/c1-2-16-7-9-17(10-8-16)31(29,30)20-15-25-22(26-21(20)24)28-13-11-27(12-14-28)19-6-4-3-5-18(19)23/h3-10,15H,2,11-14H2,1H3,(H2,24,25,26). The van der Waals surface area contributed by atoms with Crippen molar-refractivity contribution in [2.45, 2.75) is 23.1 Å². The highest BCUT2D eigenvalue weighted by atomic mass is 32.2. The van der Waals surface area contributed by atoms with Crippen molar-refractivity contribution in [3.8, 4) is 0 Å². The van der Waals surface area contributed by atoms with Crippen molar-refractivity contribution in [2.24, 2.45) is 0 Å². The zero-order chi connectivity index (χ0) is 22.0. The second kappa shape index (κ2) is 8.50. The molecule has 0 spiro atoms. The van der Waals surface area contributed by atoms with E-state index < -0.39 is 9.84 Å². The molecule has 1 aromatic heterocycles. The van der Waals surface area contributed by atoms with Crippen molar-refractivity contribution in [2.75, 3.05) is 41.7 Å². The fourth-order valence-corrected chi connectivity index (χ4v) is 4.88. The highest BCUT2D eigenvalue weighted by Crippen LogP contribution is 2.27. The zero-order valence-corrected chi connectivity index (χ0v) is 18.0. The molecule has 1 fully saturated rings. The summed E-state index contributed by atoms with van der Waals surface area (Å²) in [6.45, 7) is 4.32. The van der Waals surface area contributed by atoms with E-state index in [4.69, 9.17) is 5.73 Å². The number of hydrogen-bond donors (Lipinski definition) is 1. The van der Waals surface area contributed by atoms with Crippen LogP contribution in [-0.2, 0) is 16.3 Å². The summed E-state index contributed by atoms with van der Waals surface area (Å²) in [4.78, 5) is 12.5. The number of nitrogens with two attached hydrogens (primary N) is 1. The van der Waals surface area contributed by atoms with Gasteiger partial charge in [0.1, 0.15) is 16.5 Å². The normalized spacial score (nSPS) is 14.6. The second-order valence-corrected chi connectivity index (χ2v) is 9.26. The molecule has 0 aliphatic carbocycles. The third-order valence-corrected chi connectivity index (χ3v) is 7.24. The molecule has 0 amide bonds. The van der Waals surface area contributed by atoms with Crippen molar-refractivity contribution >= 4 is 27.3 Å². The zero-order valence-electron chi connectivity index (χ0n) is 17.2. The van der Waals surface area contributed by atoms with E-state index in [2.05, 4.69) is 9.97 Å². The first kappa shape index (κ1) is 21.0. The highest BCUT2D eigenvalue weighted by molar-refractivity contribution is 7.91. The number of aromatic nitrogens is 2. The molecule has 1 aliphatic heterocycles. The van der Waals surface area contributed by atoms with E-state index in [0.29, 0.717) is 37.8 Å². The Hall–Kier alpha value is -3.20. The number of halogens is 1. The van der Waals surface area contributed by atoms with Crippen LogP contribution in [0.4, 0.5) is 21.8 Å². The topological polar surface area (TPSA) is 92.4 Å². The van der Waals surface area contributed by atoms with E-state index >= 15 is 0 Å². The maximum atomic E-state index is 14.0. The molecule has 162 valence electrons. The van der Waals surface area contributed by atoms with Crippen LogP contribution in [0.15, 0.2) is 64.5 Å². The summed E-state index contributed by atoms with van der Waals surface area (Å²) < 4.78 is 39.9. The van der Waals surface area contributed by atoms with E-state index in [1.165, 1.54) is 12.3 Å². The smallest absolute Gasteiger partial charge is 0.227 e. The summed E-state index contributed by atoms with van der Waals surface area (Å²) in [5.41, 5.74) is 7.65. The lowest BCUT2D eigenvalue weighted by Gasteiger charge is -2.36. The number of aryl methyl sites for hydroxylation is 1. The van der Waals surface area contributed by atoms with Crippen LogP contribution in [0.3, 0.4) is 0 Å². The Morgan fingerprint density at radius 1 is 1.00 bits per heavy atom. The molecule has 0 saturated carbocycles. The molecule has 2 N–H and O–H groups in total. The predicted octanol–water partition coefficient (Wildman–Crippen LogP) is 2.92. The third-order valence-electron chi connectivity index (χ3n) is 5.46. The van der Waals surface area contributed by atoms with E-state index in [0.717, 1.165) is 12.0 Å². The van der Waals surface area contributed by atoms with Crippen LogP contribution < -0.4 is 15.5 Å². The SMILES string of the molecule is CCc1ccc(S(=O)(=O)c2cnc(N3CCN(c4ccccc4F)CC3)nc2N)cc1. The Labute approximate surface area is 181 Å². The quantitative estimate of drug-likeness (QED) is 0.651. The maximum absolute atomic E-state index is 14.0. The van der Waals surface area contributed by atoms with Gasteiger partial charge in [-0.05, 0) is 36.2 Å². The summed E-state index contributed by atoms with van der Waals surface area (Å²) in [5, 5.41) is 0. The molecule has 7 nitrogen and oxygen atoms in total. The van der Waals surface area contributed by atoms with Crippen LogP contribution in [0.2, 0.25) is 0 Å². The van der Waals surface area contributed by atoms with Crippen molar-refractivity contribution in [1.29, 1.82) is 0 Å². The summed E-state index contributed by atoms with van der Waals surface area (Å²) in [7, 11) is -3.81. The van der Waals surface area contributed by atoms with Gasteiger partial charge in [0.2, 0.25) is 15.8 Å². The minimum atomic E-state index is -3.81. The Kier molecular flexibility index (Phi) is 5.77. The first-order valence-corrected chi connectivity index (χ1v) is 11.6. The van der Waals surface area contributed by atoms with Crippen LogP contribution in [0.1, 0.15) is 12.5 Å². The van der Waals surface area contributed by atoms with E-state index in [-0.39, 0.29) is 21.4 Å².